The SMILES string of the molecule is CCCCC(C)CC[N]CCC(C)CCCC. The van der Waals surface area contributed by atoms with Crippen molar-refractivity contribution in [2.45, 2.75) is 79.1 Å². The van der Waals surface area contributed by atoms with Crippen molar-refractivity contribution in [1.29, 1.82) is 0 Å². The Labute approximate surface area is 110 Å². The van der Waals surface area contributed by atoms with E-state index in [-0.39, 0.29) is 0 Å². The van der Waals surface area contributed by atoms with Crippen molar-refractivity contribution in [3.05, 3.63) is 0 Å². The molecule has 0 aromatic heterocycles. The molecule has 0 saturated heterocycles. The lowest BCUT2D eigenvalue weighted by Gasteiger charge is -2.12. The van der Waals surface area contributed by atoms with Gasteiger partial charge in [0.15, 0.2) is 0 Å². The van der Waals surface area contributed by atoms with Gasteiger partial charge in [-0.05, 0) is 24.7 Å². The molecule has 0 N–H and O–H groups in total. The third kappa shape index (κ3) is 12.2. The molecule has 0 bridgehead atoms. The van der Waals surface area contributed by atoms with Crippen molar-refractivity contribution in [2.24, 2.45) is 11.8 Å². The van der Waals surface area contributed by atoms with E-state index in [1.165, 1.54) is 51.4 Å². The van der Waals surface area contributed by atoms with Crippen LogP contribution in [0.2, 0.25) is 0 Å². The van der Waals surface area contributed by atoms with Crippen molar-refractivity contribution >= 4 is 0 Å². The minimum Gasteiger partial charge on any atom is -0.242 e. The lowest BCUT2D eigenvalue weighted by molar-refractivity contribution is 0.422. The van der Waals surface area contributed by atoms with Crippen LogP contribution in [-0.2, 0) is 0 Å². The van der Waals surface area contributed by atoms with Crippen LogP contribution >= 0.6 is 0 Å². The van der Waals surface area contributed by atoms with E-state index in [1.54, 1.807) is 0 Å². The van der Waals surface area contributed by atoms with Crippen LogP contribution < -0.4 is 5.32 Å². The zero-order valence-corrected chi connectivity index (χ0v) is 12.7. The Hall–Kier alpha value is -0.0400. The molecule has 1 heteroatoms. The Bertz CT molecular complexity index is 128. The highest BCUT2D eigenvalue weighted by Crippen LogP contribution is 2.12. The average molecular weight is 240 g/mol. The Kier molecular flexibility index (Phi) is 12.4. The monoisotopic (exact) mass is 240 g/mol. The van der Waals surface area contributed by atoms with Crippen LogP contribution in [0.4, 0.5) is 0 Å². The second-order valence-corrected chi connectivity index (χ2v) is 5.74. The van der Waals surface area contributed by atoms with E-state index in [9.17, 15) is 0 Å². The van der Waals surface area contributed by atoms with Crippen molar-refractivity contribution < 1.29 is 0 Å². The third-order valence-corrected chi connectivity index (χ3v) is 3.66. The van der Waals surface area contributed by atoms with Crippen molar-refractivity contribution in [1.82, 2.24) is 5.32 Å². The van der Waals surface area contributed by atoms with Gasteiger partial charge in [0, 0.05) is 13.1 Å². The van der Waals surface area contributed by atoms with Crippen LogP contribution in [0.25, 0.3) is 0 Å². The highest BCUT2D eigenvalue weighted by molar-refractivity contribution is 4.59. The van der Waals surface area contributed by atoms with E-state index in [4.69, 9.17) is 0 Å². The quantitative estimate of drug-likeness (QED) is 0.425. The van der Waals surface area contributed by atoms with Crippen LogP contribution in [0, 0.1) is 11.8 Å². The summed E-state index contributed by atoms with van der Waals surface area (Å²) in [6.07, 6.45) is 10.8. The first-order valence-electron chi connectivity index (χ1n) is 7.83. The fraction of sp³-hybridized carbons (Fsp3) is 1.00. The van der Waals surface area contributed by atoms with E-state index in [1.807, 2.05) is 0 Å². The molecule has 0 aromatic carbocycles. The average Bonchev–Trinajstić information content (AvgIpc) is 2.33. The number of hydrogen-bond acceptors (Lipinski definition) is 0. The number of nitrogens with zero attached hydrogens (tertiary/aromatic N) is 1. The first kappa shape index (κ1) is 17.0. The summed E-state index contributed by atoms with van der Waals surface area (Å²) in [4.78, 5) is 0. The maximum absolute atomic E-state index is 4.67. The standard InChI is InChI=1S/C16H34N/c1-5-7-9-15(3)11-13-17-14-12-16(4)10-8-6-2/h15-16H,5-14H2,1-4H3. The normalized spacial score (nSPS) is 14.8. The molecule has 0 aromatic rings. The Morgan fingerprint density at radius 3 is 1.47 bits per heavy atom. The van der Waals surface area contributed by atoms with E-state index in [0.717, 1.165) is 24.9 Å². The first-order chi connectivity index (χ1) is 8.20. The lowest BCUT2D eigenvalue weighted by atomic mass is 10.00. The van der Waals surface area contributed by atoms with Crippen LogP contribution in [0.3, 0.4) is 0 Å². The molecule has 17 heavy (non-hydrogen) atoms. The summed E-state index contributed by atoms with van der Waals surface area (Å²) in [5.74, 6) is 1.74. The van der Waals surface area contributed by atoms with Gasteiger partial charge in [-0.2, -0.15) is 0 Å². The molecule has 0 fully saturated rings. The lowest BCUT2D eigenvalue weighted by Crippen LogP contribution is -2.14. The Morgan fingerprint density at radius 2 is 1.12 bits per heavy atom. The van der Waals surface area contributed by atoms with Gasteiger partial charge in [0.2, 0.25) is 0 Å². The molecule has 0 aliphatic carbocycles. The molecule has 0 aliphatic rings. The molecule has 2 unspecified atom stereocenters. The number of rotatable bonds is 12. The molecule has 0 aliphatic heterocycles. The van der Waals surface area contributed by atoms with E-state index in [2.05, 4.69) is 33.0 Å². The third-order valence-electron chi connectivity index (χ3n) is 3.66. The van der Waals surface area contributed by atoms with Gasteiger partial charge in [-0.25, -0.2) is 5.32 Å². The second kappa shape index (κ2) is 12.4. The summed E-state index contributed by atoms with van der Waals surface area (Å²) in [5, 5.41) is 4.67. The second-order valence-electron chi connectivity index (χ2n) is 5.74. The first-order valence-corrected chi connectivity index (χ1v) is 7.83. The molecular formula is C16H34N. The molecule has 0 spiro atoms. The summed E-state index contributed by atoms with van der Waals surface area (Å²) in [5.41, 5.74) is 0. The molecule has 1 radical (unpaired) electrons. The molecule has 0 amide bonds. The minimum atomic E-state index is 0.871. The van der Waals surface area contributed by atoms with Gasteiger partial charge in [0.25, 0.3) is 0 Å². The van der Waals surface area contributed by atoms with E-state index < -0.39 is 0 Å². The topological polar surface area (TPSA) is 14.1 Å². The summed E-state index contributed by atoms with van der Waals surface area (Å²) in [6.45, 7) is 11.5. The van der Waals surface area contributed by atoms with Gasteiger partial charge in [-0.1, -0.05) is 66.2 Å². The van der Waals surface area contributed by atoms with E-state index in [0.29, 0.717) is 0 Å². The molecule has 1 nitrogen and oxygen atoms in total. The van der Waals surface area contributed by atoms with Crippen LogP contribution in [0.5, 0.6) is 0 Å². The van der Waals surface area contributed by atoms with Crippen molar-refractivity contribution in [3.63, 3.8) is 0 Å². The van der Waals surface area contributed by atoms with Crippen LogP contribution in [0.15, 0.2) is 0 Å². The van der Waals surface area contributed by atoms with Crippen molar-refractivity contribution in [3.8, 4) is 0 Å². The molecule has 0 heterocycles. The van der Waals surface area contributed by atoms with Gasteiger partial charge in [0.05, 0.1) is 0 Å². The summed E-state index contributed by atoms with van der Waals surface area (Å²) >= 11 is 0. The maximum Gasteiger partial charge on any atom is 0.0135 e. The Balaban J connectivity index is 3.22. The van der Waals surface area contributed by atoms with Gasteiger partial charge in [0.1, 0.15) is 0 Å². The predicted octanol–water partition coefficient (Wildman–Crippen LogP) is 5.02. The minimum absolute atomic E-state index is 0.871. The fourth-order valence-electron chi connectivity index (χ4n) is 2.13. The van der Waals surface area contributed by atoms with E-state index >= 15 is 0 Å². The predicted molar refractivity (Wildman–Crippen MR) is 78.5 cm³/mol. The summed E-state index contributed by atoms with van der Waals surface area (Å²) in [7, 11) is 0. The molecule has 103 valence electrons. The summed E-state index contributed by atoms with van der Waals surface area (Å²) in [6, 6.07) is 0. The van der Waals surface area contributed by atoms with Gasteiger partial charge in [-0.3, -0.25) is 0 Å². The molecule has 0 saturated carbocycles. The fourth-order valence-corrected chi connectivity index (χ4v) is 2.13. The highest BCUT2D eigenvalue weighted by Gasteiger charge is 2.03. The van der Waals surface area contributed by atoms with Crippen LogP contribution in [0.1, 0.15) is 79.1 Å². The highest BCUT2D eigenvalue weighted by atomic mass is 14.8. The molecule has 2 atom stereocenters. The Morgan fingerprint density at radius 1 is 0.706 bits per heavy atom. The largest absolute Gasteiger partial charge is 0.242 e. The number of unbranched alkanes of at least 4 members (excludes halogenated alkanes) is 2. The van der Waals surface area contributed by atoms with Crippen molar-refractivity contribution in [2.75, 3.05) is 13.1 Å². The zero-order valence-electron chi connectivity index (χ0n) is 12.7. The van der Waals surface area contributed by atoms with Crippen LogP contribution in [-0.4, -0.2) is 13.1 Å². The summed E-state index contributed by atoms with van der Waals surface area (Å²) < 4.78 is 0. The molecular weight excluding hydrogens is 206 g/mol. The molecule has 0 rings (SSSR count). The number of hydrogen-bond donors (Lipinski definition) is 0. The maximum atomic E-state index is 4.67. The van der Waals surface area contributed by atoms with Gasteiger partial charge >= 0.3 is 0 Å². The smallest absolute Gasteiger partial charge is 0.0135 e. The van der Waals surface area contributed by atoms with Gasteiger partial charge in [-0.15, -0.1) is 0 Å². The van der Waals surface area contributed by atoms with Gasteiger partial charge < -0.3 is 0 Å². The zero-order chi connectivity index (χ0) is 12.9.